The van der Waals surface area contributed by atoms with E-state index < -0.39 is 20.1 Å². The molecule has 0 amide bonds. The number of allylic oxidation sites excluding steroid dienone is 3. The molecule has 0 radical (unpaired) electrons. The lowest BCUT2D eigenvalue weighted by atomic mass is 9.72. The Morgan fingerprint density at radius 3 is 2.59 bits per heavy atom. The van der Waals surface area contributed by atoms with Crippen LogP contribution in [-0.4, -0.2) is 32.8 Å². The summed E-state index contributed by atoms with van der Waals surface area (Å²) in [5.41, 5.74) is 3.90. The third kappa shape index (κ3) is 8.27. The number of ether oxygens (including phenoxy) is 1. The summed E-state index contributed by atoms with van der Waals surface area (Å²) in [7, 11) is -4.93. The highest BCUT2D eigenvalue weighted by molar-refractivity contribution is 7.46. The van der Waals surface area contributed by atoms with E-state index in [2.05, 4.69) is 24.3 Å². The van der Waals surface area contributed by atoms with E-state index in [4.69, 9.17) is 9.63 Å². The van der Waals surface area contributed by atoms with Gasteiger partial charge in [0.15, 0.2) is 0 Å². The van der Waals surface area contributed by atoms with Crippen molar-refractivity contribution in [3.05, 3.63) is 52.6 Å². The van der Waals surface area contributed by atoms with Crippen molar-refractivity contribution in [1.29, 1.82) is 0 Å². The van der Waals surface area contributed by atoms with Crippen LogP contribution in [0.5, 0.6) is 5.75 Å². The average Bonchev–Trinajstić information content (AvgIpc) is 2.71. The molecule has 8 nitrogen and oxygen atoms in total. The molecule has 2 rings (SSSR count). The van der Waals surface area contributed by atoms with Crippen LogP contribution in [0.3, 0.4) is 0 Å². The van der Waals surface area contributed by atoms with Crippen LogP contribution < -0.4 is 0 Å². The third-order valence-electron chi connectivity index (χ3n) is 6.25. The van der Waals surface area contributed by atoms with E-state index in [1.807, 2.05) is 19.9 Å². The monoisotopic (exact) mass is 496 g/mol. The van der Waals surface area contributed by atoms with E-state index in [1.54, 1.807) is 6.07 Å². The zero-order chi connectivity index (χ0) is 25.5. The number of aryl methyl sites for hydroxylation is 1. The van der Waals surface area contributed by atoms with Gasteiger partial charge >= 0.3 is 14.0 Å². The number of hydrogen-bond donors (Lipinski definition) is 4. The molecule has 0 aromatic heterocycles. The Hall–Kier alpha value is -2.12. The van der Waals surface area contributed by atoms with Gasteiger partial charge < -0.3 is 24.7 Å². The predicted octanol–water partition coefficient (Wildman–Crippen LogP) is 6.38. The summed E-state index contributed by atoms with van der Waals surface area (Å²) in [6.45, 7) is 9.86. The van der Waals surface area contributed by atoms with Crippen LogP contribution >= 0.6 is 7.82 Å². The largest absolute Gasteiger partial charge is 0.508 e. The van der Waals surface area contributed by atoms with Crippen molar-refractivity contribution in [1.82, 2.24) is 0 Å². The number of rotatable bonds is 12. The Labute approximate surface area is 201 Å². The number of phosphoric acid groups is 1. The molecule has 0 aliphatic heterocycles. The first kappa shape index (κ1) is 28.1. The van der Waals surface area contributed by atoms with Crippen molar-refractivity contribution in [3.8, 4) is 5.75 Å². The Morgan fingerprint density at radius 1 is 1.29 bits per heavy atom. The lowest BCUT2D eigenvalue weighted by Gasteiger charge is -2.34. The average molecular weight is 497 g/mol. The first-order valence-electron chi connectivity index (χ1n) is 11.7. The molecule has 34 heavy (non-hydrogen) atoms. The summed E-state index contributed by atoms with van der Waals surface area (Å²) >= 11 is 0. The van der Waals surface area contributed by atoms with Gasteiger partial charge in [-0.2, -0.15) is 0 Å². The number of phosphoric ester groups is 1. The van der Waals surface area contributed by atoms with Gasteiger partial charge in [-0.25, -0.2) is 9.36 Å². The van der Waals surface area contributed by atoms with Crippen LogP contribution in [0.25, 0.3) is 0 Å². The Bertz CT molecular complexity index is 948. The molecular formula is C25H37O8P. The van der Waals surface area contributed by atoms with E-state index in [-0.39, 0.29) is 30.6 Å². The van der Waals surface area contributed by atoms with Crippen molar-refractivity contribution in [2.24, 2.45) is 5.92 Å². The molecule has 0 bridgehead atoms. The highest BCUT2D eigenvalue weighted by Gasteiger charge is 2.34. The van der Waals surface area contributed by atoms with Gasteiger partial charge in [0.05, 0.1) is 12.7 Å². The van der Waals surface area contributed by atoms with Gasteiger partial charge in [0.2, 0.25) is 0 Å². The molecule has 4 N–H and O–H groups in total. The third-order valence-corrected chi connectivity index (χ3v) is 6.78. The highest BCUT2D eigenvalue weighted by atomic mass is 31.2. The van der Waals surface area contributed by atoms with E-state index in [0.717, 1.165) is 48.8 Å². The topological polar surface area (TPSA) is 134 Å². The zero-order valence-electron chi connectivity index (χ0n) is 20.2. The SMILES string of the molecule is C=C(C)[C@@H]1CCC(C)=C[C@H]1c1c(O)cc(CCCCC)cc1C(CCOC(=O)O)OP(=O)(O)O. The molecule has 0 heterocycles. The number of phenols is 1. The van der Waals surface area contributed by atoms with Gasteiger partial charge in [-0.3, -0.25) is 4.52 Å². The van der Waals surface area contributed by atoms with E-state index >= 15 is 0 Å². The quantitative estimate of drug-likeness (QED) is 0.113. The van der Waals surface area contributed by atoms with Crippen LogP contribution in [0.4, 0.5) is 4.79 Å². The fraction of sp³-hybridized carbons (Fsp3) is 0.560. The van der Waals surface area contributed by atoms with E-state index in [1.165, 1.54) is 0 Å². The number of hydrogen-bond acceptors (Lipinski definition) is 5. The predicted molar refractivity (Wildman–Crippen MR) is 130 cm³/mol. The smallest absolute Gasteiger partial charge is 0.505 e. The summed E-state index contributed by atoms with van der Waals surface area (Å²) in [5, 5.41) is 20.0. The summed E-state index contributed by atoms with van der Waals surface area (Å²) in [5.74, 6) is -0.191. The van der Waals surface area contributed by atoms with Crippen molar-refractivity contribution in [2.75, 3.05) is 6.61 Å². The first-order valence-corrected chi connectivity index (χ1v) is 13.2. The fourth-order valence-electron chi connectivity index (χ4n) is 4.66. The molecular weight excluding hydrogens is 459 g/mol. The Balaban J connectivity index is 2.64. The molecule has 1 aromatic carbocycles. The second-order valence-electron chi connectivity index (χ2n) is 9.09. The fourth-order valence-corrected chi connectivity index (χ4v) is 5.21. The second kappa shape index (κ2) is 12.5. The van der Waals surface area contributed by atoms with Gasteiger partial charge in [-0.05, 0) is 62.6 Å². The molecule has 0 saturated heterocycles. The maximum Gasteiger partial charge on any atom is 0.505 e. The molecule has 1 aliphatic carbocycles. The molecule has 3 atom stereocenters. The van der Waals surface area contributed by atoms with Gasteiger partial charge in [0.25, 0.3) is 0 Å². The summed E-state index contributed by atoms with van der Waals surface area (Å²) in [6.07, 6.45) is 4.65. The lowest BCUT2D eigenvalue weighted by Crippen LogP contribution is -2.20. The first-order chi connectivity index (χ1) is 15.9. The normalized spacial score (nSPS) is 19.4. The molecule has 190 valence electrons. The molecule has 0 fully saturated rings. The maximum absolute atomic E-state index is 11.8. The number of phenolic OH excluding ortho intramolecular Hbond substituents is 1. The van der Waals surface area contributed by atoms with Gasteiger partial charge in [-0.15, -0.1) is 0 Å². The minimum atomic E-state index is -4.93. The molecule has 1 aromatic rings. The van der Waals surface area contributed by atoms with Crippen molar-refractivity contribution >= 4 is 14.0 Å². The molecule has 0 saturated carbocycles. The molecule has 0 spiro atoms. The molecule has 9 heteroatoms. The number of unbranched alkanes of at least 4 members (excludes halogenated alkanes) is 2. The number of benzene rings is 1. The van der Waals surface area contributed by atoms with Gasteiger partial charge in [0, 0.05) is 17.9 Å². The summed E-state index contributed by atoms with van der Waals surface area (Å²) < 4.78 is 21.6. The Morgan fingerprint density at radius 2 is 2.00 bits per heavy atom. The highest BCUT2D eigenvalue weighted by Crippen LogP contribution is 2.50. The summed E-state index contributed by atoms with van der Waals surface area (Å²) in [6, 6.07) is 3.53. The number of carbonyl (C=O) groups is 1. The minimum absolute atomic E-state index is 0.0321. The van der Waals surface area contributed by atoms with E-state index in [0.29, 0.717) is 17.5 Å². The second-order valence-corrected chi connectivity index (χ2v) is 10.3. The van der Waals surface area contributed by atoms with Crippen molar-refractivity contribution < 1.29 is 38.6 Å². The van der Waals surface area contributed by atoms with Crippen LogP contribution in [0.15, 0.2) is 35.9 Å². The van der Waals surface area contributed by atoms with Gasteiger partial charge in [0.1, 0.15) is 5.75 Å². The lowest BCUT2D eigenvalue weighted by molar-refractivity contribution is 0.0672. The maximum atomic E-state index is 11.8. The van der Waals surface area contributed by atoms with E-state index in [9.17, 15) is 24.3 Å². The van der Waals surface area contributed by atoms with Crippen molar-refractivity contribution in [3.63, 3.8) is 0 Å². The molecule has 1 aliphatic rings. The summed E-state index contributed by atoms with van der Waals surface area (Å²) in [4.78, 5) is 30.0. The van der Waals surface area contributed by atoms with Crippen LogP contribution in [-0.2, 0) is 20.2 Å². The van der Waals surface area contributed by atoms with Crippen LogP contribution in [0.2, 0.25) is 0 Å². The minimum Gasteiger partial charge on any atom is -0.508 e. The molecule has 1 unspecified atom stereocenters. The van der Waals surface area contributed by atoms with Crippen molar-refractivity contribution in [2.45, 2.75) is 77.7 Å². The van der Waals surface area contributed by atoms with Gasteiger partial charge in [-0.1, -0.05) is 49.6 Å². The Kier molecular flexibility index (Phi) is 10.4. The number of aromatic hydroxyl groups is 1. The standard InChI is InChI=1S/C25H37O8P/c1-5-6-7-8-18-14-21(23(33-34(29,30)31)11-12-32-25(27)28)24(22(26)15-18)20-13-17(4)9-10-19(20)16(2)3/h13-15,19-20,23,26H,2,5-12H2,1,3-4H3,(H,27,28)(H2,29,30,31)/t19-,20+,23?/m0/s1. The zero-order valence-corrected chi connectivity index (χ0v) is 21.1. The number of carboxylic acid groups (broad SMARTS) is 1. The van der Waals surface area contributed by atoms with Crippen LogP contribution in [0, 0.1) is 5.92 Å². The van der Waals surface area contributed by atoms with Crippen LogP contribution in [0.1, 0.15) is 88.0 Å².